The molecule has 1 aromatic rings. The van der Waals surface area contributed by atoms with Crippen molar-refractivity contribution >= 4 is 6.21 Å². The van der Waals surface area contributed by atoms with Crippen molar-refractivity contribution in [2.45, 2.75) is 38.1 Å². The average molecular weight is 313 g/mol. The summed E-state index contributed by atoms with van der Waals surface area (Å²) in [6, 6.07) is 7.23. The minimum absolute atomic E-state index is 0.345. The predicted molar refractivity (Wildman–Crippen MR) is 84.7 cm³/mol. The number of nitriles is 1. The highest BCUT2D eigenvalue weighted by molar-refractivity contribution is 5.71. The van der Waals surface area contributed by atoms with Gasteiger partial charge in [0.1, 0.15) is 29.7 Å². The number of rotatable bonds is 2. The Bertz CT molecular complexity index is 716. The van der Waals surface area contributed by atoms with E-state index in [1.807, 2.05) is 13.8 Å². The molecule has 0 saturated heterocycles. The first-order chi connectivity index (χ1) is 10.8. The van der Waals surface area contributed by atoms with E-state index in [0.717, 1.165) is 0 Å². The number of benzene rings is 1. The number of nitrogens with zero attached hydrogens (tertiary/aromatic N) is 3. The van der Waals surface area contributed by atoms with Gasteiger partial charge in [-0.15, -0.1) is 0 Å². The highest BCUT2D eigenvalue weighted by atomic mass is 16.7. The molecule has 0 bridgehead atoms. The third-order valence-electron chi connectivity index (χ3n) is 4.42. The lowest BCUT2D eigenvalue weighted by Gasteiger charge is -2.49. The second kappa shape index (κ2) is 5.37. The summed E-state index contributed by atoms with van der Waals surface area (Å²) in [6.07, 6.45) is 4.51. The van der Waals surface area contributed by atoms with E-state index in [0.29, 0.717) is 23.5 Å². The summed E-state index contributed by atoms with van der Waals surface area (Å²) in [7, 11) is 0. The molecule has 120 valence electrons. The van der Waals surface area contributed by atoms with Crippen LogP contribution < -0.4 is 4.74 Å². The molecule has 6 nitrogen and oxygen atoms in total. The molecule has 0 aromatic heterocycles. The molecular weight excluding hydrogens is 294 g/mol. The number of allylic oxidation sites excluding steroid dienone is 1. The van der Waals surface area contributed by atoms with Gasteiger partial charge in [0.25, 0.3) is 0 Å². The van der Waals surface area contributed by atoms with Gasteiger partial charge in [-0.05, 0) is 45.0 Å². The predicted octanol–water partition coefficient (Wildman–Crippen LogP) is 2.31. The van der Waals surface area contributed by atoms with Crippen molar-refractivity contribution in [3.63, 3.8) is 0 Å². The lowest BCUT2D eigenvalue weighted by atomic mass is 9.77. The number of ether oxygens (including phenoxy) is 1. The van der Waals surface area contributed by atoms with Crippen molar-refractivity contribution in [3.05, 3.63) is 41.6 Å². The highest BCUT2D eigenvalue weighted by Crippen LogP contribution is 2.48. The van der Waals surface area contributed by atoms with Crippen molar-refractivity contribution in [3.8, 4) is 11.8 Å². The molecule has 2 aliphatic heterocycles. The molecule has 0 amide bonds. The van der Waals surface area contributed by atoms with Crippen molar-refractivity contribution < 1.29 is 14.7 Å². The molecule has 1 N–H and O–H groups in total. The van der Waals surface area contributed by atoms with Gasteiger partial charge in [0.2, 0.25) is 0 Å². The summed E-state index contributed by atoms with van der Waals surface area (Å²) in [5.41, 5.74) is -1.02. The molecule has 0 spiro atoms. The largest absolute Gasteiger partial charge is 0.484 e. The van der Waals surface area contributed by atoms with Crippen LogP contribution in [0.1, 0.15) is 38.0 Å². The fraction of sp³-hybridized carbons (Fsp3) is 0.412. The number of aliphatic imine (C=N–C) groups is 1. The minimum Gasteiger partial charge on any atom is -0.484 e. The van der Waals surface area contributed by atoms with E-state index in [1.54, 1.807) is 48.7 Å². The Morgan fingerprint density at radius 1 is 1.43 bits per heavy atom. The number of fused-ring (bicyclic) bond motifs is 1. The third-order valence-corrected chi connectivity index (χ3v) is 4.42. The van der Waals surface area contributed by atoms with Gasteiger partial charge in [-0.2, -0.15) is 5.26 Å². The molecule has 0 saturated carbocycles. The Morgan fingerprint density at radius 3 is 2.87 bits per heavy atom. The quantitative estimate of drug-likeness (QED) is 0.906. The van der Waals surface area contributed by atoms with Gasteiger partial charge < -0.3 is 9.84 Å². The summed E-state index contributed by atoms with van der Waals surface area (Å²) in [5.74, 6) is 0.606. The van der Waals surface area contributed by atoms with Crippen LogP contribution in [0.5, 0.6) is 5.75 Å². The molecule has 0 fully saturated rings. The Morgan fingerprint density at radius 2 is 2.22 bits per heavy atom. The number of aliphatic hydroxyl groups is 1. The lowest BCUT2D eigenvalue weighted by molar-refractivity contribution is -0.267. The van der Waals surface area contributed by atoms with E-state index < -0.39 is 17.3 Å². The molecule has 2 heterocycles. The lowest BCUT2D eigenvalue weighted by Crippen LogP contribution is -2.59. The van der Waals surface area contributed by atoms with Crippen LogP contribution in [0.15, 0.2) is 35.5 Å². The maximum absolute atomic E-state index is 11.1. The Hall–Kier alpha value is -2.36. The van der Waals surface area contributed by atoms with E-state index in [1.165, 1.54) is 0 Å². The highest BCUT2D eigenvalue weighted by Gasteiger charge is 2.54. The van der Waals surface area contributed by atoms with Crippen molar-refractivity contribution in [1.29, 1.82) is 5.26 Å². The van der Waals surface area contributed by atoms with Crippen LogP contribution >= 0.6 is 0 Å². The maximum Gasteiger partial charge on any atom is 0.146 e. The second-order valence-corrected chi connectivity index (χ2v) is 6.34. The van der Waals surface area contributed by atoms with E-state index >= 15 is 0 Å². The Labute approximate surface area is 135 Å². The molecule has 23 heavy (non-hydrogen) atoms. The molecule has 2 unspecified atom stereocenters. The number of hydrogen-bond donors (Lipinski definition) is 1. The van der Waals surface area contributed by atoms with Gasteiger partial charge in [0, 0.05) is 18.0 Å². The van der Waals surface area contributed by atoms with Gasteiger partial charge in [0.05, 0.1) is 11.6 Å². The summed E-state index contributed by atoms with van der Waals surface area (Å²) >= 11 is 0. The normalized spacial score (nSPS) is 28.0. The van der Waals surface area contributed by atoms with E-state index in [4.69, 9.17) is 14.8 Å². The van der Waals surface area contributed by atoms with Crippen LogP contribution in [0.25, 0.3) is 0 Å². The fourth-order valence-electron chi connectivity index (χ4n) is 2.65. The molecule has 3 rings (SSSR count). The first kappa shape index (κ1) is 15.5. The standard InChI is InChI=1S/C17H19N3O3/c1-16(2)17(3,21)15(23-20-8-4-7-19-11-20)13-9-12(10-18)5-6-14(13)22-16/h4-9,15,21H,11H2,1-3H3. The van der Waals surface area contributed by atoms with Crippen molar-refractivity contribution in [2.24, 2.45) is 4.99 Å². The summed E-state index contributed by atoms with van der Waals surface area (Å²) in [5, 5.41) is 21.8. The summed E-state index contributed by atoms with van der Waals surface area (Å²) in [6.45, 7) is 5.65. The van der Waals surface area contributed by atoms with Gasteiger partial charge in [0.15, 0.2) is 0 Å². The van der Waals surface area contributed by atoms with Crippen LogP contribution in [0.4, 0.5) is 0 Å². The van der Waals surface area contributed by atoms with Crippen LogP contribution in [0, 0.1) is 11.3 Å². The maximum atomic E-state index is 11.1. The molecule has 2 atom stereocenters. The Balaban J connectivity index is 2.04. The smallest absolute Gasteiger partial charge is 0.146 e. The van der Waals surface area contributed by atoms with Crippen LogP contribution in [0.2, 0.25) is 0 Å². The van der Waals surface area contributed by atoms with Gasteiger partial charge >= 0.3 is 0 Å². The van der Waals surface area contributed by atoms with E-state index in [2.05, 4.69) is 11.1 Å². The SMILES string of the molecule is CC1(C)Oc2ccc(C#N)cc2C(ON2C=CC=NC2)C1(C)O. The third kappa shape index (κ3) is 2.58. The molecule has 0 aliphatic carbocycles. The zero-order valence-electron chi connectivity index (χ0n) is 13.4. The van der Waals surface area contributed by atoms with Crippen LogP contribution in [-0.2, 0) is 4.84 Å². The zero-order chi connectivity index (χ0) is 16.7. The van der Waals surface area contributed by atoms with Gasteiger partial charge in [-0.25, -0.2) is 5.06 Å². The van der Waals surface area contributed by atoms with Crippen LogP contribution in [-0.4, -0.2) is 34.3 Å². The average Bonchev–Trinajstić information content (AvgIpc) is 2.52. The number of hydrogen-bond acceptors (Lipinski definition) is 6. The fourth-order valence-corrected chi connectivity index (χ4v) is 2.65. The topological polar surface area (TPSA) is 78.1 Å². The first-order valence-electron chi connectivity index (χ1n) is 7.40. The van der Waals surface area contributed by atoms with E-state index in [-0.39, 0.29) is 0 Å². The van der Waals surface area contributed by atoms with Gasteiger partial charge in [-0.1, -0.05) is 0 Å². The monoisotopic (exact) mass is 313 g/mol. The molecule has 1 aromatic carbocycles. The summed E-state index contributed by atoms with van der Waals surface area (Å²) in [4.78, 5) is 10.1. The van der Waals surface area contributed by atoms with Crippen molar-refractivity contribution in [2.75, 3.05) is 6.67 Å². The zero-order valence-corrected chi connectivity index (χ0v) is 13.4. The van der Waals surface area contributed by atoms with E-state index in [9.17, 15) is 5.11 Å². The minimum atomic E-state index is -1.30. The molecule has 2 aliphatic rings. The molecule has 6 heteroatoms. The van der Waals surface area contributed by atoms with Crippen molar-refractivity contribution in [1.82, 2.24) is 5.06 Å². The Kier molecular flexibility index (Phi) is 3.63. The molecular formula is C17H19N3O3. The first-order valence-corrected chi connectivity index (χ1v) is 7.40. The molecule has 0 radical (unpaired) electrons. The van der Waals surface area contributed by atoms with Gasteiger partial charge in [-0.3, -0.25) is 9.83 Å². The second-order valence-electron chi connectivity index (χ2n) is 6.34. The summed E-state index contributed by atoms with van der Waals surface area (Å²) < 4.78 is 5.95. The number of hydroxylamine groups is 2. The van der Waals surface area contributed by atoms with Crippen LogP contribution in [0.3, 0.4) is 0 Å².